The molecule has 0 bridgehead atoms. The lowest BCUT2D eigenvalue weighted by Crippen LogP contribution is -2.10. The van der Waals surface area contributed by atoms with Gasteiger partial charge in [0.25, 0.3) is 0 Å². The van der Waals surface area contributed by atoms with Gasteiger partial charge in [-0.05, 0) is 68.3 Å². The Morgan fingerprint density at radius 1 is 0.667 bits per heavy atom. The summed E-state index contributed by atoms with van der Waals surface area (Å²) in [5, 5.41) is 9.62. The average molecular weight is 317 g/mol. The zero-order chi connectivity index (χ0) is 17.1. The number of rotatable bonds is 4. The number of anilines is 3. The van der Waals surface area contributed by atoms with Crippen molar-refractivity contribution in [3.8, 4) is 0 Å². The van der Waals surface area contributed by atoms with Gasteiger partial charge in [-0.2, -0.15) is 0 Å². The average Bonchev–Trinajstić information content (AvgIpc) is 2.60. The van der Waals surface area contributed by atoms with Gasteiger partial charge in [-0.15, -0.1) is 0 Å². The first-order valence-electron chi connectivity index (χ1n) is 8.22. The Morgan fingerprint density at radius 2 is 1.12 bits per heavy atom. The van der Waals surface area contributed by atoms with Crippen LogP contribution in [0, 0.1) is 20.8 Å². The second-order valence-electron chi connectivity index (χ2n) is 6.28. The summed E-state index contributed by atoms with van der Waals surface area (Å²) in [6, 6.07) is 23.3. The minimum Gasteiger partial charge on any atom is -0.392 e. The topological polar surface area (TPSA) is 23.5 Å². The Hall–Kier alpha value is -2.58. The molecule has 0 saturated carbocycles. The largest absolute Gasteiger partial charge is 0.392 e. The lowest BCUT2D eigenvalue weighted by atomic mass is 10.1. The maximum absolute atomic E-state index is 9.62. The van der Waals surface area contributed by atoms with Gasteiger partial charge in [0.2, 0.25) is 0 Å². The van der Waals surface area contributed by atoms with E-state index in [2.05, 4.69) is 85.5 Å². The SMILES string of the molecule is Cc1ccc(N(c2ccc(C)cc2)c2ccc(C)c(CO)c2)cc1. The van der Waals surface area contributed by atoms with Gasteiger partial charge in [0, 0.05) is 17.1 Å². The summed E-state index contributed by atoms with van der Waals surface area (Å²) in [7, 11) is 0. The highest BCUT2D eigenvalue weighted by atomic mass is 16.3. The summed E-state index contributed by atoms with van der Waals surface area (Å²) in [6.45, 7) is 6.26. The summed E-state index contributed by atoms with van der Waals surface area (Å²) >= 11 is 0. The summed E-state index contributed by atoms with van der Waals surface area (Å²) in [6.07, 6.45) is 0. The molecule has 3 aromatic carbocycles. The Bertz CT molecular complexity index is 774. The monoisotopic (exact) mass is 317 g/mol. The molecule has 0 heterocycles. The molecule has 0 amide bonds. The van der Waals surface area contributed by atoms with Crippen LogP contribution in [0.15, 0.2) is 66.7 Å². The predicted molar refractivity (Wildman–Crippen MR) is 101 cm³/mol. The first-order chi connectivity index (χ1) is 11.6. The molecule has 0 fully saturated rings. The van der Waals surface area contributed by atoms with Gasteiger partial charge in [0.1, 0.15) is 0 Å². The smallest absolute Gasteiger partial charge is 0.0685 e. The molecule has 2 heteroatoms. The third kappa shape index (κ3) is 3.34. The highest BCUT2D eigenvalue weighted by molar-refractivity contribution is 5.77. The molecule has 3 rings (SSSR count). The maximum Gasteiger partial charge on any atom is 0.0685 e. The van der Waals surface area contributed by atoms with Gasteiger partial charge < -0.3 is 10.0 Å². The van der Waals surface area contributed by atoms with Gasteiger partial charge >= 0.3 is 0 Å². The molecule has 3 aromatic rings. The third-order valence-electron chi connectivity index (χ3n) is 4.35. The van der Waals surface area contributed by atoms with Crippen LogP contribution in [0.2, 0.25) is 0 Å². The normalized spacial score (nSPS) is 10.7. The second-order valence-corrected chi connectivity index (χ2v) is 6.28. The van der Waals surface area contributed by atoms with E-state index >= 15 is 0 Å². The van der Waals surface area contributed by atoms with E-state index in [0.717, 1.165) is 28.2 Å². The zero-order valence-corrected chi connectivity index (χ0v) is 14.5. The minimum atomic E-state index is 0.0509. The Kier molecular flexibility index (Phi) is 4.68. The van der Waals surface area contributed by atoms with E-state index in [1.165, 1.54) is 11.1 Å². The van der Waals surface area contributed by atoms with Crippen LogP contribution in [0.1, 0.15) is 22.3 Å². The molecule has 0 aliphatic rings. The molecule has 0 atom stereocenters. The standard InChI is InChI=1S/C22H23NO/c1-16-4-9-20(10-5-16)23(21-11-6-17(2)7-12-21)22-13-8-18(3)19(14-22)15-24/h4-14,24H,15H2,1-3H3. The van der Waals surface area contributed by atoms with Crippen molar-refractivity contribution in [2.24, 2.45) is 0 Å². The number of nitrogens with zero attached hydrogens (tertiary/aromatic N) is 1. The van der Waals surface area contributed by atoms with Crippen molar-refractivity contribution in [1.82, 2.24) is 0 Å². The van der Waals surface area contributed by atoms with E-state index in [1.807, 2.05) is 6.92 Å². The number of hydrogen-bond acceptors (Lipinski definition) is 2. The Balaban J connectivity index is 2.14. The van der Waals surface area contributed by atoms with Crippen LogP contribution in [0.3, 0.4) is 0 Å². The number of benzene rings is 3. The molecule has 0 aliphatic heterocycles. The molecule has 2 nitrogen and oxygen atoms in total. The molecule has 0 unspecified atom stereocenters. The van der Waals surface area contributed by atoms with Crippen molar-refractivity contribution in [3.05, 3.63) is 89.0 Å². The van der Waals surface area contributed by atoms with Crippen molar-refractivity contribution < 1.29 is 5.11 Å². The fraction of sp³-hybridized carbons (Fsp3) is 0.182. The van der Waals surface area contributed by atoms with Crippen LogP contribution in [-0.4, -0.2) is 5.11 Å². The van der Waals surface area contributed by atoms with Crippen LogP contribution in [0.5, 0.6) is 0 Å². The molecule has 0 spiro atoms. The van der Waals surface area contributed by atoms with Crippen LogP contribution in [0.4, 0.5) is 17.1 Å². The van der Waals surface area contributed by atoms with Crippen molar-refractivity contribution in [2.75, 3.05) is 4.90 Å². The van der Waals surface area contributed by atoms with E-state index in [4.69, 9.17) is 0 Å². The van der Waals surface area contributed by atoms with E-state index in [9.17, 15) is 5.11 Å². The number of aliphatic hydroxyl groups excluding tert-OH is 1. The lowest BCUT2D eigenvalue weighted by molar-refractivity contribution is 0.281. The molecule has 0 saturated heterocycles. The van der Waals surface area contributed by atoms with Gasteiger partial charge in [0.05, 0.1) is 6.61 Å². The molecule has 0 aromatic heterocycles. The van der Waals surface area contributed by atoms with Gasteiger partial charge in [0.15, 0.2) is 0 Å². The highest BCUT2D eigenvalue weighted by Crippen LogP contribution is 2.35. The Morgan fingerprint density at radius 3 is 1.58 bits per heavy atom. The summed E-state index contributed by atoms with van der Waals surface area (Å²) < 4.78 is 0. The van der Waals surface area contributed by atoms with Crippen molar-refractivity contribution >= 4 is 17.1 Å². The zero-order valence-electron chi connectivity index (χ0n) is 14.5. The molecule has 0 aliphatic carbocycles. The second kappa shape index (κ2) is 6.90. The molecule has 24 heavy (non-hydrogen) atoms. The van der Waals surface area contributed by atoms with Crippen LogP contribution >= 0.6 is 0 Å². The fourth-order valence-electron chi connectivity index (χ4n) is 2.80. The molecular weight excluding hydrogens is 294 g/mol. The maximum atomic E-state index is 9.62. The molecule has 1 N–H and O–H groups in total. The quantitative estimate of drug-likeness (QED) is 0.679. The van der Waals surface area contributed by atoms with E-state index in [1.54, 1.807) is 0 Å². The van der Waals surface area contributed by atoms with Gasteiger partial charge in [-0.3, -0.25) is 0 Å². The predicted octanol–water partition coefficient (Wildman–Crippen LogP) is 5.57. The Labute approximate surface area is 144 Å². The van der Waals surface area contributed by atoms with Crippen molar-refractivity contribution in [3.63, 3.8) is 0 Å². The molecule has 0 radical (unpaired) electrons. The van der Waals surface area contributed by atoms with Crippen molar-refractivity contribution in [1.29, 1.82) is 0 Å². The van der Waals surface area contributed by atoms with Crippen LogP contribution in [0.25, 0.3) is 0 Å². The number of aryl methyl sites for hydroxylation is 3. The van der Waals surface area contributed by atoms with Gasteiger partial charge in [-0.25, -0.2) is 0 Å². The number of hydrogen-bond donors (Lipinski definition) is 1. The fourth-order valence-corrected chi connectivity index (χ4v) is 2.80. The molecule has 122 valence electrons. The van der Waals surface area contributed by atoms with E-state index < -0.39 is 0 Å². The third-order valence-corrected chi connectivity index (χ3v) is 4.35. The summed E-state index contributed by atoms with van der Waals surface area (Å²) in [4.78, 5) is 2.22. The van der Waals surface area contributed by atoms with Crippen molar-refractivity contribution in [2.45, 2.75) is 27.4 Å². The van der Waals surface area contributed by atoms with Crippen LogP contribution in [-0.2, 0) is 6.61 Å². The first kappa shape index (κ1) is 16.3. The summed E-state index contributed by atoms with van der Waals surface area (Å²) in [5.74, 6) is 0. The number of aliphatic hydroxyl groups is 1. The highest BCUT2D eigenvalue weighted by Gasteiger charge is 2.13. The van der Waals surface area contributed by atoms with Gasteiger partial charge in [-0.1, -0.05) is 41.5 Å². The lowest BCUT2D eigenvalue weighted by Gasteiger charge is -2.26. The van der Waals surface area contributed by atoms with E-state index in [-0.39, 0.29) is 6.61 Å². The molecular formula is C22H23NO. The summed E-state index contributed by atoms with van der Waals surface area (Å²) in [5.41, 5.74) is 7.81. The first-order valence-corrected chi connectivity index (χ1v) is 8.22. The van der Waals surface area contributed by atoms with E-state index in [0.29, 0.717) is 0 Å². The minimum absolute atomic E-state index is 0.0509. The van der Waals surface area contributed by atoms with Crippen LogP contribution < -0.4 is 4.90 Å².